The van der Waals surface area contributed by atoms with E-state index in [0.29, 0.717) is 16.9 Å². The third-order valence-electron chi connectivity index (χ3n) is 4.38. The highest BCUT2D eigenvalue weighted by molar-refractivity contribution is 5.94. The monoisotopic (exact) mass is 357 g/mol. The number of rotatable bonds is 2. The number of nitrogen functional groups attached to an aromatic ring is 1. The van der Waals surface area contributed by atoms with Gasteiger partial charge in [0, 0.05) is 17.1 Å². The van der Waals surface area contributed by atoms with E-state index in [2.05, 4.69) is 25.5 Å². The predicted molar refractivity (Wildman–Crippen MR) is 99.1 cm³/mol. The molecule has 5 aromatic rings. The van der Waals surface area contributed by atoms with Crippen molar-refractivity contribution in [2.24, 2.45) is 0 Å². The maximum absolute atomic E-state index is 13.4. The van der Waals surface area contributed by atoms with Gasteiger partial charge >= 0.3 is 0 Å². The summed E-state index contributed by atoms with van der Waals surface area (Å²) in [5.41, 5.74) is 10.3. The lowest BCUT2D eigenvalue weighted by atomic mass is 9.98. The molecule has 0 aliphatic heterocycles. The minimum Gasteiger partial charge on any atom is -0.368 e. The Morgan fingerprint density at radius 3 is 2.63 bits per heavy atom. The number of benzene rings is 2. The van der Waals surface area contributed by atoms with Gasteiger partial charge in [0.25, 0.3) is 0 Å². The molecule has 0 amide bonds. The summed E-state index contributed by atoms with van der Waals surface area (Å²) >= 11 is 0. The van der Waals surface area contributed by atoms with Gasteiger partial charge in [0.15, 0.2) is 5.65 Å². The normalized spacial score (nSPS) is 11.3. The summed E-state index contributed by atoms with van der Waals surface area (Å²) in [4.78, 5) is 8.84. The first-order valence-corrected chi connectivity index (χ1v) is 8.19. The summed E-state index contributed by atoms with van der Waals surface area (Å²) in [5.74, 6) is -0.171. The maximum Gasteiger partial charge on any atom is 0.225 e. The Hall–Kier alpha value is -3.94. The molecule has 0 bridgehead atoms. The number of nitrogens with zero attached hydrogens (tertiary/aromatic N) is 6. The number of tetrazole rings is 1. The van der Waals surface area contributed by atoms with Crippen LogP contribution in [0.15, 0.2) is 60.8 Å². The van der Waals surface area contributed by atoms with Crippen molar-refractivity contribution < 1.29 is 4.39 Å². The largest absolute Gasteiger partial charge is 0.368 e. The minimum atomic E-state index is -0.324. The highest BCUT2D eigenvalue weighted by Gasteiger charge is 2.19. The van der Waals surface area contributed by atoms with Gasteiger partial charge in [-0.05, 0) is 58.5 Å². The molecule has 27 heavy (non-hydrogen) atoms. The molecular formula is C19H12FN7. The van der Waals surface area contributed by atoms with Crippen LogP contribution in [0.5, 0.6) is 0 Å². The lowest BCUT2D eigenvalue weighted by molar-refractivity contribution is 0.628. The van der Waals surface area contributed by atoms with Crippen LogP contribution in [0.25, 0.3) is 38.9 Å². The van der Waals surface area contributed by atoms with Crippen LogP contribution in [-0.4, -0.2) is 30.0 Å². The van der Waals surface area contributed by atoms with E-state index in [1.165, 1.54) is 16.6 Å². The number of nitrogens with two attached hydrogens (primary N) is 1. The molecule has 2 aromatic carbocycles. The van der Waals surface area contributed by atoms with Gasteiger partial charge in [-0.15, -0.1) is 5.10 Å². The number of fused-ring (bicyclic) bond motifs is 2. The fourth-order valence-electron chi connectivity index (χ4n) is 3.13. The Bertz CT molecular complexity index is 1290. The van der Waals surface area contributed by atoms with Crippen LogP contribution in [-0.2, 0) is 0 Å². The number of anilines is 1. The van der Waals surface area contributed by atoms with Gasteiger partial charge in [-0.3, -0.25) is 4.98 Å². The van der Waals surface area contributed by atoms with Gasteiger partial charge in [0.2, 0.25) is 5.95 Å². The van der Waals surface area contributed by atoms with Crippen LogP contribution in [0.1, 0.15) is 0 Å². The highest BCUT2D eigenvalue weighted by atomic mass is 19.1. The molecule has 5 rings (SSSR count). The fourth-order valence-corrected chi connectivity index (χ4v) is 3.13. The van der Waals surface area contributed by atoms with Crippen LogP contribution in [0.3, 0.4) is 0 Å². The number of hydrogen-bond donors (Lipinski definition) is 1. The van der Waals surface area contributed by atoms with Crippen molar-refractivity contribution >= 4 is 22.5 Å². The van der Waals surface area contributed by atoms with Gasteiger partial charge in [0.1, 0.15) is 5.82 Å². The topological polar surface area (TPSA) is 94.9 Å². The van der Waals surface area contributed by atoms with Crippen LogP contribution in [0, 0.1) is 5.82 Å². The van der Waals surface area contributed by atoms with Gasteiger partial charge in [-0.25, -0.2) is 9.37 Å². The molecular weight excluding hydrogens is 345 g/mol. The van der Waals surface area contributed by atoms with Crippen molar-refractivity contribution in [1.29, 1.82) is 0 Å². The second-order valence-electron chi connectivity index (χ2n) is 6.03. The highest BCUT2D eigenvalue weighted by Crippen LogP contribution is 2.35. The van der Waals surface area contributed by atoms with Gasteiger partial charge in [0.05, 0.1) is 16.8 Å². The van der Waals surface area contributed by atoms with Crippen molar-refractivity contribution in [3.8, 4) is 22.4 Å². The predicted octanol–water partition coefficient (Wildman–Crippen LogP) is 3.12. The molecule has 0 aliphatic rings. The minimum absolute atomic E-state index is 0.153. The number of pyridine rings is 1. The lowest BCUT2D eigenvalue weighted by Crippen LogP contribution is -2.05. The third-order valence-corrected chi connectivity index (χ3v) is 4.38. The molecule has 7 nitrogen and oxygen atoms in total. The van der Waals surface area contributed by atoms with E-state index in [1.54, 1.807) is 18.3 Å². The van der Waals surface area contributed by atoms with Gasteiger partial charge < -0.3 is 5.73 Å². The van der Waals surface area contributed by atoms with E-state index in [9.17, 15) is 4.39 Å². The first-order chi connectivity index (χ1) is 13.2. The Kier molecular flexibility index (Phi) is 3.29. The van der Waals surface area contributed by atoms with Crippen LogP contribution in [0.4, 0.5) is 10.3 Å². The van der Waals surface area contributed by atoms with Gasteiger partial charge in [-0.1, -0.05) is 12.1 Å². The zero-order valence-corrected chi connectivity index (χ0v) is 13.9. The maximum atomic E-state index is 13.4. The van der Waals surface area contributed by atoms with E-state index in [-0.39, 0.29) is 11.8 Å². The number of halogens is 1. The summed E-state index contributed by atoms with van der Waals surface area (Å²) in [6.07, 6.45) is 1.75. The fraction of sp³-hybridized carbons (Fsp3) is 0. The smallest absolute Gasteiger partial charge is 0.225 e. The number of aromatic nitrogens is 6. The molecule has 0 saturated carbocycles. The molecule has 0 atom stereocenters. The van der Waals surface area contributed by atoms with E-state index in [4.69, 9.17) is 5.73 Å². The molecule has 2 N–H and O–H groups in total. The molecule has 0 radical (unpaired) electrons. The van der Waals surface area contributed by atoms with E-state index in [1.807, 2.05) is 30.3 Å². The SMILES string of the molecule is Nc1nc(-c2ccc(F)cc2)c(-c2ccc3ncccc3c2)c2nnnn12. The van der Waals surface area contributed by atoms with E-state index in [0.717, 1.165) is 22.0 Å². The van der Waals surface area contributed by atoms with Crippen molar-refractivity contribution in [2.45, 2.75) is 0 Å². The first kappa shape index (κ1) is 15.3. The third kappa shape index (κ3) is 2.46. The van der Waals surface area contributed by atoms with Crippen molar-refractivity contribution in [1.82, 2.24) is 30.0 Å². The van der Waals surface area contributed by atoms with E-state index >= 15 is 0 Å². The summed E-state index contributed by atoms with van der Waals surface area (Å²) in [6.45, 7) is 0. The molecule has 8 heteroatoms. The summed E-state index contributed by atoms with van der Waals surface area (Å²) in [7, 11) is 0. The Morgan fingerprint density at radius 2 is 1.78 bits per heavy atom. The second kappa shape index (κ2) is 5.80. The zero-order chi connectivity index (χ0) is 18.4. The van der Waals surface area contributed by atoms with E-state index < -0.39 is 0 Å². The average molecular weight is 357 g/mol. The van der Waals surface area contributed by atoms with Crippen molar-refractivity contribution in [2.75, 3.05) is 5.73 Å². The molecule has 0 saturated heterocycles. The molecule has 3 heterocycles. The molecule has 3 aromatic heterocycles. The van der Waals surface area contributed by atoms with Crippen LogP contribution < -0.4 is 5.73 Å². The van der Waals surface area contributed by atoms with Crippen LogP contribution in [0.2, 0.25) is 0 Å². The van der Waals surface area contributed by atoms with Crippen molar-refractivity contribution in [3.05, 3.63) is 66.6 Å². The molecule has 130 valence electrons. The summed E-state index contributed by atoms with van der Waals surface area (Å²) < 4.78 is 14.8. The molecule has 0 spiro atoms. The first-order valence-electron chi connectivity index (χ1n) is 8.19. The Balaban J connectivity index is 1.85. The standard InChI is InChI=1S/C19H12FN7/c20-14-6-3-11(4-7-14)17-16(18-24-25-26-27(18)19(21)23-17)13-5-8-15-12(10-13)2-1-9-22-15/h1-10H,(H2,21,23). The number of hydrogen-bond acceptors (Lipinski definition) is 6. The Labute approximate surface area is 152 Å². The molecule has 0 unspecified atom stereocenters. The average Bonchev–Trinajstić information content (AvgIpc) is 3.18. The summed E-state index contributed by atoms with van der Waals surface area (Å²) in [5, 5.41) is 12.7. The van der Waals surface area contributed by atoms with Gasteiger partial charge in [-0.2, -0.15) is 4.52 Å². The molecule has 0 aliphatic carbocycles. The lowest BCUT2D eigenvalue weighted by Gasteiger charge is -2.12. The summed E-state index contributed by atoms with van der Waals surface area (Å²) in [6, 6.07) is 15.8. The van der Waals surface area contributed by atoms with Crippen molar-refractivity contribution in [3.63, 3.8) is 0 Å². The van der Waals surface area contributed by atoms with Crippen LogP contribution >= 0.6 is 0 Å². The molecule has 0 fully saturated rings. The second-order valence-corrected chi connectivity index (χ2v) is 6.03. The quantitative estimate of drug-likeness (QED) is 0.521. The zero-order valence-electron chi connectivity index (χ0n) is 13.9. The Morgan fingerprint density at radius 1 is 0.963 bits per heavy atom.